The van der Waals surface area contributed by atoms with E-state index < -0.39 is 12.0 Å². The van der Waals surface area contributed by atoms with Crippen LogP contribution in [0, 0.1) is 0 Å². The Kier molecular flexibility index (Phi) is 5.94. The van der Waals surface area contributed by atoms with Crippen molar-refractivity contribution in [3.8, 4) is 5.75 Å². The Morgan fingerprint density at radius 1 is 1.61 bits per heavy atom. The van der Waals surface area contributed by atoms with Crippen LogP contribution >= 0.6 is 0 Å². The van der Waals surface area contributed by atoms with Crippen molar-refractivity contribution in [1.82, 2.24) is 5.32 Å². The van der Waals surface area contributed by atoms with Crippen LogP contribution in [0.15, 0.2) is 36.9 Å². The molecule has 2 N–H and O–H groups in total. The van der Waals surface area contributed by atoms with Crippen molar-refractivity contribution >= 4 is 5.97 Å². The zero-order valence-electron chi connectivity index (χ0n) is 10.6. The number of carboxylic acid groups (broad SMARTS) is 1. The zero-order chi connectivity index (χ0) is 13.4. The lowest BCUT2D eigenvalue weighted by atomic mass is 10.1. The fourth-order valence-electron chi connectivity index (χ4n) is 1.65. The van der Waals surface area contributed by atoms with E-state index in [1.807, 2.05) is 24.3 Å². The molecular weight excluding hydrogens is 230 g/mol. The van der Waals surface area contributed by atoms with Crippen LogP contribution in [0.5, 0.6) is 5.75 Å². The summed E-state index contributed by atoms with van der Waals surface area (Å²) >= 11 is 0. The van der Waals surface area contributed by atoms with Gasteiger partial charge in [0.2, 0.25) is 0 Å². The topological polar surface area (TPSA) is 58.6 Å². The first kappa shape index (κ1) is 14.3. The second kappa shape index (κ2) is 7.50. The molecule has 0 aliphatic carbocycles. The van der Waals surface area contributed by atoms with E-state index >= 15 is 0 Å². The van der Waals surface area contributed by atoms with Gasteiger partial charge in [-0.1, -0.05) is 24.8 Å². The number of aryl methyl sites for hydroxylation is 1. The summed E-state index contributed by atoms with van der Waals surface area (Å²) in [5.74, 6) is -0.0414. The monoisotopic (exact) mass is 249 g/mol. The Morgan fingerprint density at radius 3 is 3.00 bits per heavy atom. The van der Waals surface area contributed by atoms with E-state index in [2.05, 4.69) is 11.9 Å². The molecule has 0 saturated heterocycles. The Labute approximate surface area is 107 Å². The van der Waals surface area contributed by atoms with Crippen LogP contribution < -0.4 is 10.1 Å². The second-order valence-electron chi connectivity index (χ2n) is 3.97. The van der Waals surface area contributed by atoms with Gasteiger partial charge >= 0.3 is 5.97 Å². The van der Waals surface area contributed by atoms with E-state index in [9.17, 15) is 4.79 Å². The van der Waals surface area contributed by atoms with E-state index in [1.165, 1.54) is 0 Å². The SMILES string of the molecule is C=CCOc1cccc(CCC(NC)C(=O)O)c1. The average Bonchev–Trinajstić information content (AvgIpc) is 2.37. The molecule has 1 aromatic carbocycles. The quantitative estimate of drug-likeness (QED) is 0.690. The summed E-state index contributed by atoms with van der Waals surface area (Å²) in [5.41, 5.74) is 1.07. The largest absolute Gasteiger partial charge is 0.490 e. The third kappa shape index (κ3) is 4.59. The molecule has 0 amide bonds. The third-order valence-electron chi connectivity index (χ3n) is 2.63. The van der Waals surface area contributed by atoms with Crippen molar-refractivity contribution in [3.63, 3.8) is 0 Å². The molecule has 1 atom stereocenters. The van der Waals surface area contributed by atoms with Crippen LogP contribution in [-0.4, -0.2) is 30.8 Å². The van der Waals surface area contributed by atoms with Crippen molar-refractivity contribution < 1.29 is 14.6 Å². The number of benzene rings is 1. The van der Waals surface area contributed by atoms with E-state index in [0.717, 1.165) is 11.3 Å². The maximum atomic E-state index is 10.9. The van der Waals surface area contributed by atoms with Crippen molar-refractivity contribution in [3.05, 3.63) is 42.5 Å². The summed E-state index contributed by atoms with van der Waals surface area (Å²) in [6.07, 6.45) is 2.94. The van der Waals surface area contributed by atoms with E-state index in [4.69, 9.17) is 9.84 Å². The van der Waals surface area contributed by atoms with Gasteiger partial charge in [0.05, 0.1) is 0 Å². The van der Waals surface area contributed by atoms with Crippen molar-refractivity contribution in [1.29, 1.82) is 0 Å². The van der Waals surface area contributed by atoms with Gasteiger partial charge < -0.3 is 15.2 Å². The van der Waals surface area contributed by atoms with Gasteiger partial charge in [-0.05, 0) is 37.6 Å². The standard InChI is InChI=1S/C14H19NO3/c1-3-9-18-12-6-4-5-11(10-12)7-8-13(15-2)14(16)17/h3-6,10,13,15H,1,7-9H2,2H3,(H,16,17). The molecule has 0 aromatic heterocycles. The number of hydrogen-bond acceptors (Lipinski definition) is 3. The zero-order valence-corrected chi connectivity index (χ0v) is 10.6. The van der Waals surface area contributed by atoms with E-state index in [0.29, 0.717) is 19.4 Å². The van der Waals surface area contributed by atoms with Crippen LogP contribution in [0.3, 0.4) is 0 Å². The Bertz CT molecular complexity index is 404. The van der Waals surface area contributed by atoms with E-state index in [1.54, 1.807) is 13.1 Å². The molecule has 0 aliphatic rings. The minimum atomic E-state index is -0.823. The minimum Gasteiger partial charge on any atom is -0.490 e. The summed E-state index contributed by atoms with van der Waals surface area (Å²) < 4.78 is 5.43. The molecule has 0 aliphatic heterocycles. The normalized spacial score (nSPS) is 11.8. The third-order valence-corrected chi connectivity index (χ3v) is 2.63. The molecule has 0 spiro atoms. The van der Waals surface area contributed by atoms with Crippen LogP contribution in [0.25, 0.3) is 0 Å². The number of nitrogens with one attached hydrogen (secondary N) is 1. The average molecular weight is 249 g/mol. The number of ether oxygens (including phenoxy) is 1. The lowest BCUT2D eigenvalue weighted by Crippen LogP contribution is -2.34. The lowest BCUT2D eigenvalue weighted by Gasteiger charge is -2.11. The Morgan fingerprint density at radius 2 is 2.39 bits per heavy atom. The summed E-state index contributed by atoms with van der Waals surface area (Å²) in [5, 5.41) is 11.7. The molecule has 0 fully saturated rings. The number of carboxylic acids is 1. The van der Waals surface area contributed by atoms with Crippen LogP contribution in [0.4, 0.5) is 0 Å². The Hall–Kier alpha value is -1.81. The second-order valence-corrected chi connectivity index (χ2v) is 3.97. The lowest BCUT2D eigenvalue weighted by molar-refractivity contribution is -0.139. The van der Waals surface area contributed by atoms with Crippen LogP contribution in [0.2, 0.25) is 0 Å². The van der Waals surface area contributed by atoms with Gasteiger partial charge in [-0.25, -0.2) is 0 Å². The molecule has 0 bridgehead atoms. The minimum absolute atomic E-state index is 0.470. The molecule has 4 nitrogen and oxygen atoms in total. The van der Waals surface area contributed by atoms with Crippen LogP contribution in [-0.2, 0) is 11.2 Å². The molecule has 0 saturated carbocycles. The summed E-state index contributed by atoms with van der Waals surface area (Å²) in [6, 6.07) is 7.17. The van der Waals surface area contributed by atoms with Gasteiger partial charge in [0.25, 0.3) is 0 Å². The number of hydrogen-bond donors (Lipinski definition) is 2. The van der Waals surface area contributed by atoms with Gasteiger partial charge in [-0.15, -0.1) is 0 Å². The Balaban J connectivity index is 2.56. The van der Waals surface area contributed by atoms with Crippen molar-refractivity contribution in [2.24, 2.45) is 0 Å². The summed E-state index contributed by atoms with van der Waals surface area (Å²) in [4.78, 5) is 10.9. The van der Waals surface area contributed by atoms with Gasteiger partial charge in [-0.2, -0.15) is 0 Å². The fourth-order valence-corrected chi connectivity index (χ4v) is 1.65. The highest BCUT2D eigenvalue weighted by molar-refractivity contribution is 5.73. The predicted octanol–water partition coefficient (Wildman–Crippen LogP) is 1.86. The molecule has 98 valence electrons. The highest BCUT2D eigenvalue weighted by Gasteiger charge is 2.14. The maximum absolute atomic E-state index is 10.9. The summed E-state index contributed by atoms with van der Waals surface area (Å²) in [7, 11) is 1.66. The molecule has 4 heteroatoms. The first-order valence-corrected chi connectivity index (χ1v) is 5.90. The molecule has 18 heavy (non-hydrogen) atoms. The van der Waals surface area contributed by atoms with E-state index in [-0.39, 0.29) is 0 Å². The predicted molar refractivity (Wildman–Crippen MR) is 70.9 cm³/mol. The van der Waals surface area contributed by atoms with Gasteiger partial charge in [0.15, 0.2) is 0 Å². The molecule has 1 aromatic rings. The van der Waals surface area contributed by atoms with Gasteiger partial charge in [0, 0.05) is 0 Å². The number of rotatable bonds is 8. The highest BCUT2D eigenvalue weighted by Crippen LogP contribution is 2.15. The first-order valence-electron chi connectivity index (χ1n) is 5.90. The van der Waals surface area contributed by atoms with Crippen molar-refractivity contribution in [2.45, 2.75) is 18.9 Å². The van der Waals surface area contributed by atoms with Crippen LogP contribution in [0.1, 0.15) is 12.0 Å². The number of aliphatic carboxylic acids is 1. The molecular formula is C14H19NO3. The molecule has 0 heterocycles. The van der Waals surface area contributed by atoms with Crippen molar-refractivity contribution in [2.75, 3.05) is 13.7 Å². The smallest absolute Gasteiger partial charge is 0.320 e. The fraction of sp³-hybridized carbons (Fsp3) is 0.357. The van der Waals surface area contributed by atoms with Gasteiger partial charge in [-0.3, -0.25) is 4.79 Å². The number of carbonyl (C=O) groups is 1. The molecule has 1 rings (SSSR count). The highest BCUT2D eigenvalue weighted by atomic mass is 16.5. The molecule has 0 radical (unpaired) electrons. The number of likely N-dealkylation sites (N-methyl/N-ethyl adjacent to an activating group) is 1. The summed E-state index contributed by atoms with van der Waals surface area (Å²) in [6.45, 7) is 4.06. The van der Waals surface area contributed by atoms with Gasteiger partial charge in [0.1, 0.15) is 18.4 Å². The molecule has 1 unspecified atom stereocenters. The maximum Gasteiger partial charge on any atom is 0.320 e. The first-order chi connectivity index (χ1) is 8.67.